The maximum atomic E-state index is 12.9. The standard InChI is InChI=1S/C15H18FN3O/c1-2-3-14-17-15(18-20-14)19-9-8-12(10-19)11-4-6-13(16)7-5-11/h4-7,12H,2-3,8-10H2,1H3/t12-/m1/s1. The van der Waals surface area contributed by atoms with Crippen molar-refractivity contribution in [3.63, 3.8) is 0 Å². The second-order valence-corrected chi connectivity index (χ2v) is 5.22. The van der Waals surface area contributed by atoms with Gasteiger partial charge in [0.1, 0.15) is 5.82 Å². The highest BCUT2D eigenvalue weighted by Crippen LogP contribution is 2.29. The van der Waals surface area contributed by atoms with Gasteiger partial charge < -0.3 is 9.42 Å². The first kappa shape index (κ1) is 13.1. The van der Waals surface area contributed by atoms with Gasteiger partial charge in [0.25, 0.3) is 5.95 Å². The Balaban J connectivity index is 1.68. The van der Waals surface area contributed by atoms with E-state index >= 15 is 0 Å². The lowest BCUT2D eigenvalue weighted by atomic mass is 9.99. The zero-order valence-corrected chi connectivity index (χ0v) is 11.6. The molecule has 1 fully saturated rings. The van der Waals surface area contributed by atoms with E-state index in [0.29, 0.717) is 17.8 Å². The summed E-state index contributed by atoms with van der Waals surface area (Å²) in [6.07, 6.45) is 2.85. The van der Waals surface area contributed by atoms with Crippen LogP contribution in [-0.4, -0.2) is 23.2 Å². The molecule has 0 bridgehead atoms. The fraction of sp³-hybridized carbons (Fsp3) is 0.467. The number of benzene rings is 1. The van der Waals surface area contributed by atoms with Crippen molar-refractivity contribution in [3.8, 4) is 0 Å². The predicted molar refractivity (Wildman–Crippen MR) is 74.3 cm³/mol. The van der Waals surface area contributed by atoms with Crippen LogP contribution in [0.3, 0.4) is 0 Å². The van der Waals surface area contributed by atoms with Crippen molar-refractivity contribution in [3.05, 3.63) is 41.5 Å². The van der Waals surface area contributed by atoms with E-state index in [9.17, 15) is 4.39 Å². The molecular weight excluding hydrogens is 257 g/mol. The van der Waals surface area contributed by atoms with Gasteiger partial charge in [0.15, 0.2) is 0 Å². The number of halogens is 1. The number of aromatic nitrogens is 2. The number of hydrogen-bond donors (Lipinski definition) is 0. The molecule has 1 saturated heterocycles. The van der Waals surface area contributed by atoms with Crippen molar-refractivity contribution in [2.45, 2.75) is 32.1 Å². The van der Waals surface area contributed by atoms with E-state index in [-0.39, 0.29) is 5.82 Å². The molecule has 1 aliphatic rings. The van der Waals surface area contributed by atoms with Crippen molar-refractivity contribution in [2.24, 2.45) is 0 Å². The highest BCUT2D eigenvalue weighted by Gasteiger charge is 2.26. The third-order valence-electron chi connectivity index (χ3n) is 3.73. The van der Waals surface area contributed by atoms with E-state index in [2.05, 4.69) is 22.0 Å². The van der Waals surface area contributed by atoms with E-state index in [1.807, 2.05) is 12.1 Å². The first-order valence-corrected chi connectivity index (χ1v) is 7.09. The summed E-state index contributed by atoms with van der Waals surface area (Å²) in [5.41, 5.74) is 1.17. The Morgan fingerprint density at radius 3 is 2.90 bits per heavy atom. The number of hydrogen-bond acceptors (Lipinski definition) is 4. The van der Waals surface area contributed by atoms with Crippen LogP contribution in [0.5, 0.6) is 0 Å². The fourth-order valence-electron chi connectivity index (χ4n) is 2.64. The zero-order chi connectivity index (χ0) is 13.9. The van der Waals surface area contributed by atoms with Crippen LogP contribution in [0, 0.1) is 5.82 Å². The summed E-state index contributed by atoms with van der Waals surface area (Å²) in [5.74, 6) is 1.60. The lowest BCUT2D eigenvalue weighted by molar-refractivity contribution is 0.376. The summed E-state index contributed by atoms with van der Waals surface area (Å²) < 4.78 is 18.2. The molecule has 20 heavy (non-hydrogen) atoms. The van der Waals surface area contributed by atoms with Crippen molar-refractivity contribution < 1.29 is 8.91 Å². The maximum Gasteiger partial charge on any atom is 0.266 e. The Labute approximate surface area is 117 Å². The molecule has 1 aromatic heterocycles. The minimum Gasteiger partial charge on any atom is -0.338 e. The van der Waals surface area contributed by atoms with Gasteiger partial charge in [-0.25, -0.2) is 4.39 Å². The lowest BCUT2D eigenvalue weighted by Crippen LogP contribution is -2.20. The van der Waals surface area contributed by atoms with Gasteiger partial charge in [-0.3, -0.25) is 0 Å². The van der Waals surface area contributed by atoms with Crippen LogP contribution in [-0.2, 0) is 6.42 Å². The smallest absolute Gasteiger partial charge is 0.266 e. The fourth-order valence-corrected chi connectivity index (χ4v) is 2.64. The first-order chi connectivity index (χ1) is 9.76. The van der Waals surface area contributed by atoms with Gasteiger partial charge in [0.2, 0.25) is 5.89 Å². The highest BCUT2D eigenvalue weighted by atomic mass is 19.1. The predicted octanol–water partition coefficient (Wildman–Crippen LogP) is 3.16. The van der Waals surface area contributed by atoms with Crippen LogP contribution in [0.4, 0.5) is 10.3 Å². The topological polar surface area (TPSA) is 42.2 Å². The van der Waals surface area contributed by atoms with Crippen LogP contribution >= 0.6 is 0 Å². The third kappa shape index (κ3) is 2.66. The Kier molecular flexibility index (Phi) is 3.67. The van der Waals surface area contributed by atoms with Gasteiger partial charge in [-0.1, -0.05) is 19.1 Å². The molecule has 2 heterocycles. The Morgan fingerprint density at radius 2 is 2.15 bits per heavy atom. The molecule has 0 N–H and O–H groups in total. The Morgan fingerprint density at radius 1 is 1.35 bits per heavy atom. The molecule has 0 spiro atoms. The molecule has 1 aliphatic heterocycles. The zero-order valence-electron chi connectivity index (χ0n) is 11.6. The SMILES string of the molecule is CCCc1nc(N2CC[C@@H](c3ccc(F)cc3)C2)no1. The highest BCUT2D eigenvalue weighted by molar-refractivity contribution is 5.34. The average molecular weight is 275 g/mol. The van der Waals surface area contributed by atoms with Crippen LogP contribution < -0.4 is 4.90 Å². The van der Waals surface area contributed by atoms with Gasteiger partial charge in [0.05, 0.1) is 0 Å². The summed E-state index contributed by atoms with van der Waals surface area (Å²) in [4.78, 5) is 6.55. The van der Waals surface area contributed by atoms with Crippen LogP contribution in [0.1, 0.15) is 37.1 Å². The van der Waals surface area contributed by atoms with E-state index in [1.165, 1.54) is 17.7 Å². The Hall–Kier alpha value is -1.91. The van der Waals surface area contributed by atoms with Gasteiger partial charge >= 0.3 is 0 Å². The summed E-state index contributed by atoms with van der Waals surface area (Å²) >= 11 is 0. The molecule has 0 amide bonds. The summed E-state index contributed by atoms with van der Waals surface area (Å²) in [6.45, 7) is 3.86. The lowest BCUT2D eigenvalue weighted by Gasteiger charge is -2.13. The second-order valence-electron chi connectivity index (χ2n) is 5.22. The average Bonchev–Trinajstić information content (AvgIpc) is 3.08. The molecule has 3 rings (SSSR count). The maximum absolute atomic E-state index is 12.9. The van der Waals surface area contributed by atoms with E-state index < -0.39 is 0 Å². The molecule has 5 heteroatoms. The third-order valence-corrected chi connectivity index (χ3v) is 3.73. The monoisotopic (exact) mass is 275 g/mol. The normalized spacial score (nSPS) is 18.7. The molecule has 0 unspecified atom stereocenters. The van der Waals surface area contributed by atoms with Crippen molar-refractivity contribution >= 4 is 5.95 Å². The van der Waals surface area contributed by atoms with Crippen LogP contribution in [0.15, 0.2) is 28.8 Å². The molecule has 1 atom stereocenters. The number of rotatable bonds is 4. The molecule has 0 radical (unpaired) electrons. The summed E-state index contributed by atoms with van der Waals surface area (Å²) in [6, 6.07) is 6.77. The van der Waals surface area contributed by atoms with Gasteiger partial charge in [-0.15, -0.1) is 0 Å². The van der Waals surface area contributed by atoms with Gasteiger partial charge in [-0.05, 0) is 35.7 Å². The Bertz CT molecular complexity index is 567. The number of aryl methyl sites for hydroxylation is 1. The molecule has 2 aromatic rings. The molecule has 0 aliphatic carbocycles. The van der Waals surface area contributed by atoms with Gasteiger partial charge in [-0.2, -0.15) is 4.98 Å². The molecule has 0 saturated carbocycles. The number of anilines is 1. The molecular formula is C15H18FN3O. The van der Waals surface area contributed by atoms with Crippen molar-refractivity contribution in [1.29, 1.82) is 0 Å². The second kappa shape index (κ2) is 5.61. The largest absolute Gasteiger partial charge is 0.338 e. The number of nitrogens with zero attached hydrogens (tertiary/aromatic N) is 3. The summed E-state index contributed by atoms with van der Waals surface area (Å²) in [5, 5.41) is 4.04. The molecule has 106 valence electrons. The van der Waals surface area contributed by atoms with Gasteiger partial charge in [0, 0.05) is 25.4 Å². The minimum absolute atomic E-state index is 0.189. The van der Waals surface area contributed by atoms with Crippen molar-refractivity contribution in [2.75, 3.05) is 18.0 Å². The van der Waals surface area contributed by atoms with E-state index in [0.717, 1.165) is 32.4 Å². The van der Waals surface area contributed by atoms with Crippen LogP contribution in [0.2, 0.25) is 0 Å². The quantitative estimate of drug-likeness (QED) is 0.859. The minimum atomic E-state index is -0.189. The molecule has 4 nitrogen and oxygen atoms in total. The van der Waals surface area contributed by atoms with Crippen LogP contribution in [0.25, 0.3) is 0 Å². The molecule has 1 aromatic carbocycles. The summed E-state index contributed by atoms with van der Waals surface area (Å²) in [7, 11) is 0. The first-order valence-electron chi connectivity index (χ1n) is 7.09. The van der Waals surface area contributed by atoms with E-state index in [1.54, 1.807) is 0 Å². The van der Waals surface area contributed by atoms with Crippen molar-refractivity contribution in [1.82, 2.24) is 10.1 Å². The van der Waals surface area contributed by atoms with E-state index in [4.69, 9.17) is 4.52 Å².